The number of hydrogen-bond acceptors (Lipinski definition) is 11. The predicted octanol–water partition coefficient (Wildman–Crippen LogP) is -5.55. The average molecular weight is 342 g/mol. The summed E-state index contributed by atoms with van der Waals surface area (Å²) in [6.07, 6.45) is -15.3. The molecule has 0 radical (unpaired) electrons. The fourth-order valence-corrected chi connectivity index (χ4v) is 2.01. The molecule has 136 valence electrons. The first-order chi connectivity index (χ1) is 10.7. The number of aldehydes is 1. The molecular weight excluding hydrogens is 320 g/mol. The van der Waals surface area contributed by atoms with Crippen molar-refractivity contribution in [3.8, 4) is 0 Å². The van der Waals surface area contributed by atoms with E-state index in [1.165, 1.54) is 0 Å². The SMILES string of the molecule is O=C[C@H](O)[C@@H](O)[C@@H](O)[C@H](O)CO[C@@H]1O[C@@H](CO)[C@H](O)[C@@H](O)[C@H]1O. The highest BCUT2D eigenvalue weighted by Gasteiger charge is 2.44. The largest absolute Gasteiger partial charge is 0.394 e. The summed E-state index contributed by atoms with van der Waals surface area (Å²) in [4.78, 5) is 10.3. The summed E-state index contributed by atoms with van der Waals surface area (Å²) in [5.74, 6) is 0. The first-order valence-corrected chi connectivity index (χ1v) is 6.84. The van der Waals surface area contributed by atoms with Crippen molar-refractivity contribution < 1.29 is 55.1 Å². The van der Waals surface area contributed by atoms with Gasteiger partial charge in [-0.3, -0.25) is 0 Å². The summed E-state index contributed by atoms with van der Waals surface area (Å²) in [7, 11) is 0. The van der Waals surface area contributed by atoms with Gasteiger partial charge in [0.1, 0.15) is 48.8 Å². The van der Waals surface area contributed by atoms with Crippen LogP contribution < -0.4 is 0 Å². The van der Waals surface area contributed by atoms with Crippen LogP contribution in [0.15, 0.2) is 0 Å². The van der Waals surface area contributed by atoms with Gasteiger partial charge in [-0.15, -0.1) is 0 Å². The van der Waals surface area contributed by atoms with Gasteiger partial charge < -0.3 is 55.1 Å². The van der Waals surface area contributed by atoms with Crippen molar-refractivity contribution in [2.45, 2.75) is 55.1 Å². The van der Waals surface area contributed by atoms with E-state index in [2.05, 4.69) is 0 Å². The molecule has 11 heteroatoms. The van der Waals surface area contributed by atoms with Crippen molar-refractivity contribution in [3.63, 3.8) is 0 Å². The third-order valence-corrected chi connectivity index (χ3v) is 3.51. The Morgan fingerprint density at radius 1 is 1.00 bits per heavy atom. The summed E-state index contributed by atoms with van der Waals surface area (Å²) < 4.78 is 9.94. The molecule has 1 aliphatic heterocycles. The first-order valence-electron chi connectivity index (χ1n) is 6.84. The second kappa shape index (κ2) is 8.94. The van der Waals surface area contributed by atoms with E-state index in [0.717, 1.165) is 0 Å². The van der Waals surface area contributed by atoms with E-state index in [-0.39, 0.29) is 6.29 Å². The zero-order valence-electron chi connectivity index (χ0n) is 12.0. The first kappa shape index (κ1) is 20.3. The van der Waals surface area contributed by atoms with Gasteiger partial charge in [0, 0.05) is 0 Å². The van der Waals surface area contributed by atoms with Crippen LogP contribution in [0.1, 0.15) is 0 Å². The zero-order valence-corrected chi connectivity index (χ0v) is 12.0. The normalized spacial score (nSPS) is 37.0. The van der Waals surface area contributed by atoms with Gasteiger partial charge in [-0.05, 0) is 0 Å². The molecule has 0 aliphatic carbocycles. The van der Waals surface area contributed by atoms with Crippen LogP contribution in [-0.4, -0.2) is 115 Å². The van der Waals surface area contributed by atoms with E-state index in [9.17, 15) is 35.4 Å². The van der Waals surface area contributed by atoms with Crippen molar-refractivity contribution >= 4 is 6.29 Å². The lowest BCUT2D eigenvalue weighted by molar-refractivity contribution is -0.306. The lowest BCUT2D eigenvalue weighted by Crippen LogP contribution is -2.59. The van der Waals surface area contributed by atoms with Crippen LogP contribution >= 0.6 is 0 Å². The molecule has 1 saturated heterocycles. The third-order valence-electron chi connectivity index (χ3n) is 3.51. The van der Waals surface area contributed by atoms with Crippen molar-refractivity contribution in [2.24, 2.45) is 0 Å². The van der Waals surface area contributed by atoms with E-state index in [1.54, 1.807) is 0 Å². The number of carbonyl (C=O) groups is 1. The van der Waals surface area contributed by atoms with Crippen molar-refractivity contribution in [1.29, 1.82) is 0 Å². The highest BCUT2D eigenvalue weighted by atomic mass is 16.7. The molecular formula is C12H22O11. The van der Waals surface area contributed by atoms with Gasteiger partial charge in [0.05, 0.1) is 13.2 Å². The molecule has 1 aliphatic rings. The molecule has 1 fully saturated rings. The second-order valence-electron chi connectivity index (χ2n) is 5.21. The summed E-state index contributed by atoms with van der Waals surface area (Å²) in [6.45, 7) is -1.37. The van der Waals surface area contributed by atoms with E-state index >= 15 is 0 Å². The lowest BCUT2D eigenvalue weighted by Gasteiger charge is -2.40. The predicted molar refractivity (Wildman–Crippen MR) is 69.8 cm³/mol. The minimum Gasteiger partial charge on any atom is -0.394 e. The monoisotopic (exact) mass is 342 g/mol. The van der Waals surface area contributed by atoms with E-state index < -0.39 is 68.3 Å². The Labute approximate surface area is 130 Å². The highest BCUT2D eigenvalue weighted by molar-refractivity contribution is 5.56. The van der Waals surface area contributed by atoms with E-state index in [1.807, 2.05) is 0 Å². The number of aliphatic hydroxyl groups excluding tert-OH is 8. The molecule has 1 heterocycles. The van der Waals surface area contributed by atoms with Crippen molar-refractivity contribution in [1.82, 2.24) is 0 Å². The van der Waals surface area contributed by atoms with Crippen LogP contribution in [0.5, 0.6) is 0 Å². The summed E-state index contributed by atoms with van der Waals surface area (Å²) in [5.41, 5.74) is 0. The molecule has 11 nitrogen and oxygen atoms in total. The molecule has 0 saturated carbocycles. The van der Waals surface area contributed by atoms with Crippen molar-refractivity contribution in [3.05, 3.63) is 0 Å². The minimum atomic E-state index is -1.96. The smallest absolute Gasteiger partial charge is 0.186 e. The topological polar surface area (TPSA) is 197 Å². The molecule has 8 N–H and O–H groups in total. The molecule has 0 bridgehead atoms. The molecule has 0 aromatic heterocycles. The molecule has 23 heavy (non-hydrogen) atoms. The van der Waals surface area contributed by atoms with Gasteiger partial charge in [0.15, 0.2) is 12.6 Å². The Bertz CT molecular complexity index is 365. The molecule has 1 rings (SSSR count). The van der Waals surface area contributed by atoms with Gasteiger partial charge >= 0.3 is 0 Å². The molecule has 0 aromatic rings. The molecule has 0 aromatic carbocycles. The van der Waals surface area contributed by atoms with Crippen molar-refractivity contribution in [2.75, 3.05) is 13.2 Å². The maximum absolute atomic E-state index is 10.3. The number of rotatable bonds is 8. The summed E-state index contributed by atoms with van der Waals surface area (Å²) in [6, 6.07) is 0. The Hall–Kier alpha value is -0.730. The Morgan fingerprint density at radius 3 is 2.13 bits per heavy atom. The maximum Gasteiger partial charge on any atom is 0.186 e. The quantitative estimate of drug-likeness (QED) is 0.196. The van der Waals surface area contributed by atoms with E-state index in [4.69, 9.17) is 19.7 Å². The van der Waals surface area contributed by atoms with Crippen LogP contribution in [0.25, 0.3) is 0 Å². The Balaban J connectivity index is 2.57. The molecule has 0 amide bonds. The van der Waals surface area contributed by atoms with Crippen LogP contribution in [-0.2, 0) is 14.3 Å². The Kier molecular flexibility index (Phi) is 7.89. The molecule has 0 spiro atoms. The number of aliphatic hydroxyl groups is 8. The number of carbonyl (C=O) groups excluding carboxylic acids is 1. The Morgan fingerprint density at radius 2 is 1.61 bits per heavy atom. The van der Waals surface area contributed by atoms with Gasteiger partial charge in [-0.2, -0.15) is 0 Å². The van der Waals surface area contributed by atoms with Gasteiger partial charge in [0.25, 0.3) is 0 Å². The maximum atomic E-state index is 10.3. The average Bonchev–Trinajstić information content (AvgIpc) is 2.56. The lowest BCUT2D eigenvalue weighted by atomic mass is 9.99. The van der Waals surface area contributed by atoms with Crippen LogP contribution in [0.2, 0.25) is 0 Å². The second-order valence-corrected chi connectivity index (χ2v) is 5.21. The highest BCUT2D eigenvalue weighted by Crippen LogP contribution is 2.22. The fraction of sp³-hybridized carbons (Fsp3) is 0.917. The zero-order chi connectivity index (χ0) is 17.7. The van der Waals surface area contributed by atoms with E-state index in [0.29, 0.717) is 0 Å². The number of hydrogen-bond donors (Lipinski definition) is 8. The van der Waals surface area contributed by atoms with Gasteiger partial charge in [-0.25, -0.2) is 0 Å². The van der Waals surface area contributed by atoms with Gasteiger partial charge in [0.2, 0.25) is 0 Å². The molecule has 0 unspecified atom stereocenters. The van der Waals surface area contributed by atoms with Gasteiger partial charge in [-0.1, -0.05) is 0 Å². The third kappa shape index (κ3) is 4.87. The molecule has 9 atom stereocenters. The minimum absolute atomic E-state index is 0.0287. The number of ether oxygens (including phenoxy) is 2. The summed E-state index contributed by atoms with van der Waals surface area (Å²) in [5, 5.41) is 75.4. The standard InChI is InChI=1S/C12H22O11/c13-1-4(15)7(17)8(18)5(16)3-22-12-11(21)10(20)9(19)6(2-14)23-12/h1,4-12,14-21H,2-3H2/t4-,5+,6-,7+,8-,9-,10+,11+,12+/m0/s1. The van der Waals surface area contributed by atoms with Crippen LogP contribution in [0, 0.1) is 0 Å². The summed E-state index contributed by atoms with van der Waals surface area (Å²) >= 11 is 0. The van der Waals surface area contributed by atoms with Crippen LogP contribution in [0.4, 0.5) is 0 Å². The van der Waals surface area contributed by atoms with Crippen LogP contribution in [0.3, 0.4) is 0 Å². The fourth-order valence-electron chi connectivity index (χ4n) is 2.01.